The number of anilines is 1. The van der Waals surface area contributed by atoms with E-state index in [0.717, 1.165) is 8.26 Å². The SMILES string of the molecule is C[C@@H](OC(=O)c1cc(Br)c(Br)s1)C(=O)Nc1ccc2c(c1)OCO2. The predicted octanol–water partition coefficient (Wildman–Crippen LogP) is 4.19. The lowest BCUT2D eigenvalue weighted by Crippen LogP contribution is -2.29. The summed E-state index contributed by atoms with van der Waals surface area (Å²) in [5.74, 6) is 0.198. The lowest BCUT2D eigenvalue weighted by atomic mass is 10.2. The van der Waals surface area contributed by atoms with Crippen LogP contribution >= 0.6 is 43.2 Å². The minimum atomic E-state index is -0.942. The Kier molecular flexibility index (Phi) is 5.12. The highest BCUT2D eigenvalue weighted by atomic mass is 79.9. The number of ether oxygens (including phenoxy) is 3. The van der Waals surface area contributed by atoms with Gasteiger partial charge in [0.05, 0.1) is 3.79 Å². The quantitative estimate of drug-likeness (QED) is 0.670. The first-order valence-electron chi connectivity index (χ1n) is 6.80. The summed E-state index contributed by atoms with van der Waals surface area (Å²) in [7, 11) is 0. The highest BCUT2D eigenvalue weighted by molar-refractivity contribution is 9.13. The van der Waals surface area contributed by atoms with Crippen molar-refractivity contribution in [3.63, 3.8) is 0 Å². The third-order valence-corrected chi connectivity index (χ3v) is 6.38. The molecule has 126 valence electrons. The number of nitrogens with one attached hydrogen (secondary N) is 1. The molecule has 2 aromatic rings. The van der Waals surface area contributed by atoms with Crippen molar-refractivity contribution < 1.29 is 23.8 Å². The Balaban J connectivity index is 1.61. The average Bonchev–Trinajstić information content (AvgIpc) is 3.13. The maximum atomic E-state index is 12.2. The number of fused-ring (bicyclic) bond motifs is 1. The van der Waals surface area contributed by atoms with E-state index in [1.54, 1.807) is 24.3 Å². The summed E-state index contributed by atoms with van der Waals surface area (Å²) in [5, 5.41) is 2.68. The second kappa shape index (κ2) is 7.12. The number of hydrogen-bond acceptors (Lipinski definition) is 6. The lowest BCUT2D eigenvalue weighted by Gasteiger charge is -2.13. The normalized spacial score (nSPS) is 13.5. The molecule has 0 saturated carbocycles. The van der Waals surface area contributed by atoms with E-state index < -0.39 is 18.0 Å². The van der Waals surface area contributed by atoms with Crippen LogP contribution in [-0.4, -0.2) is 24.8 Å². The maximum absolute atomic E-state index is 12.2. The Hall–Kier alpha value is -1.58. The molecule has 1 aliphatic heterocycles. The van der Waals surface area contributed by atoms with Gasteiger partial charge in [0.1, 0.15) is 4.88 Å². The van der Waals surface area contributed by atoms with E-state index in [-0.39, 0.29) is 6.79 Å². The Morgan fingerprint density at radius 3 is 2.71 bits per heavy atom. The molecule has 1 aromatic carbocycles. The average molecular weight is 477 g/mol. The largest absolute Gasteiger partial charge is 0.454 e. The van der Waals surface area contributed by atoms with Crippen LogP contribution in [0, 0.1) is 0 Å². The third kappa shape index (κ3) is 3.73. The fraction of sp³-hybridized carbons (Fsp3) is 0.200. The fourth-order valence-electron chi connectivity index (χ4n) is 1.94. The molecular weight excluding hydrogens is 466 g/mol. The van der Waals surface area contributed by atoms with Gasteiger partial charge >= 0.3 is 5.97 Å². The molecule has 0 aliphatic carbocycles. The van der Waals surface area contributed by atoms with Gasteiger partial charge in [0.15, 0.2) is 17.6 Å². The van der Waals surface area contributed by atoms with Gasteiger partial charge in [-0.1, -0.05) is 0 Å². The summed E-state index contributed by atoms with van der Waals surface area (Å²) in [6.07, 6.45) is -0.942. The van der Waals surface area contributed by atoms with Crippen molar-refractivity contribution in [3.8, 4) is 11.5 Å². The standard InChI is InChI=1S/C15H11Br2NO5S/c1-7(23-15(20)12-5-9(16)13(17)24-12)14(19)18-8-2-3-10-11(4-8)22-6-21-10/h2-5,7H,6H2,1H3,(H,18,19)/t7-/m1/s1. The van der Waals surface area contributed by atoms with Gasteiger partial charge in [0.2, 0.25) is 6.79 Å². The number of amides is 1. The molecule has 1 atom stereocenters. The van der Waals surface area contributed by atoms with Crippen LogP contribution in [0.5, 0.6) is 11.5 Å². The molecule has 1 N–H and O–H groups in total. The van der Waals surface area contributed by atoms with E-state index in [1.807, 2.05) is 0 Å². The van der Waals surface area contributed by atoms with E-state index in [9.17, 15) is 9.59 Å². The first-order valence-corrected chi connectivity index (χ1v) is 9.20. The zero-order chi connectivity index (χ0) is 17.3. The van der Waals surface area contributed by atoms with Crippen LogP contribution in [-0.2, 0) is 9.53 Å². The van der Waals surface area contributed by atoms with Crippen LogP contribution in [0.3, 0.4) is 0 Å². The fourth-order valence-corrected chi connectivity index (χ4v) is 3.86. The summed E-state index contributed by atoms with van der Waals surface area (Å²) in [6, 6.07) is 6.69. The van der Waals surface area contributed by atoms with Gasteiger partial charge in [-0.15, -0.1) is 11.3 Å². The van der Waals surface area contributed by atoms with Crippen molar-refractivity contribution in [3.05, 3.63) is 37.4 Å². The lowest BCUT2D eigenvalue weighted by molar-refractivity contribution is -0.123. The minimum Gasteiger partial charge on any atom is -0.454 e. The second-order valence-electron chi connectivity index (χ2n) is 4.84. The third-order valence-electron chi connectivity index (χ3n) is 3.14. The Labute approximate surface area is 158 Å². The van der Waals surface area contributed by atoms with E-state index in [0.29, 0.717) is 22.1 Å². The minimum absolute atomic E-state index is 0.159. The van der Waals surface area contributed by atoms with Crippen molar-refractivity contribution in [2.75, 3.05) is 12.1 Å². The summed E-state index contributed by atoms with van der Waals surface area (Å²) < 4.78 is 17.2. The van der Waals surface area contributed by atoms with Crippen molar-refractivity contribution in [2.24, 2.45) is 0 Å². The van der Waals surface area contributed by atoms with Gasteiger partial charge in [-0.3, -0.25) is 4.79 Å². The van der Waals surface area contributed by atoms with Gasteiger partial charge in [-0.2, -0.15) is 0 Å². The highest BCUT2D eigenvalue weighted by Crippen LogP contribution is 2.34. The molecule has 6 nitrogen and oxygen atoms in total. The molecule has 1 aliphatic rings. The summed E-state index contributed by atoms with van der Waals surface area (Å²) in [4.78, 5) is 24.6. The van der Waals surface area contributed by atoms with Gasteiger partial charge in [-0.25, -0.2) is 4.79 Å². The smallest absolute Gasteiger partial charge is 0.349 e. The predicted molar refractivity (Wildman–Crippen MR) is 95.8 cm³/mol. The number of halogens is 2. The summed E-state index contributed by atoms with van der Waals surface area (Å²) in [5.41, 5.74) is 0.536. The molecular formula is C15H11Br2NO5S. The van der Waals surface area contributed by atoms with Crippen LogP contribution in [0.4, 0.5) is 5.69 Å². The molecule has 0 radical (unpaired) electrons. The number of hydrogen-bond donors (Lipinski definition) is 1. The van der Waals surface area contributed by atoms with Crippen molar-refractivity contribution in [1.82, 2.24) is 0 Å². The number of carbonyl (C=O) groups excluding carboxylic acids is 2. The monoisotopic (exact) mass is 475 g/mol. The van der Waals surface area contributed by atoms with E-state index >= 15 is 0 Å². The van der Waals surface area contributed by atoms with E-state index in [2.05, 4.69) is 37.2 Å². The topological polar surface area (TPSA) is 73.9 Å². The van der Waals surface area contributed by atoms with Gasteiger partial charge in [0, 0.05) is 16.2 Å². The first-order chi connectivity index (χ1) is 11.4. The highest BCUT2D eigenvalue weighted by Gasteiger charge is 2.22. The molecule has 0 bridgehead atoms. The molecule has 1 amide bonds. The van der Waals surface area contributed by atoms with Gasteiger partial charge in [-0.05, 0) is 57.0 Å². The number of esters is 1. The summed E-state index contributed by atoms with van der Waals surface area (Å²) >= 11 is 7.84. The van der Waals surface area contributed by atoms with Gasteiger partial charge < -0.3 is 19.5 Å². The number of thiophene rings is 1. The van der Waals surface area contributed by atoms with Crippen molar-refractivity contribution in [2.45, 2.75) is 13.0 Å². The van der Waals surface area contributed by atoms with Gasteiger partial charge in [0.25, 0.3) is 5.91 Å². The number of rotatable bonds is 4. The Bertz CT molecular complexity index is 788. The molecule has 9 heteroatoms. The number of carbonyl (C=O) groups is 2. The molecule has 0 fully saturated rings. The Morgan fingerprint density at radius 2 is 2.00 bits per heavy atom. The van der Waals surface area contributed by atoms with E-state index in [1.165, 1.54) is 18.3 Å². The second-order valence-corrected chi connectivity index (χ2v) is 8.06. The molecule has 3 rings (SSSR count). The molecule has 0 saturated heterocycles. The van der Waals surface area contributed by atoms with Crippen LogP contribution in [0.2, 0.25) is 0 Å². The van der Waals surface area contributed by atoms with Crippen LogP contribution in [0.15, 0.2) is 32.5 Å². The zero-order valence-corrected chi connectivity index (χ0v) is 16.3. The van der Waals surface area contributed by atoms with Crippen LogP contribution in [0.25, 0.3) is 0 Å². The zero-order valence-electron chi connectivity index (χ0n) is 12.3. The van der Waals surface area contributed by atoms with Crippen molar-refractivity contribution in [1.29, 1.82) is 0 Å². The molecule has 2 heterocycles. The first kappa shape index (κ1) is 17.2. The van der Waals surface area contributed by atoms with Crippen LogP contribution < -0.4 is 14.8 Å². The maximum Gasteiger partial charge on any atom is 0.349 e. The molecule has 1 aromatic heterocycles. The van der Waals surface area contributed by atoms with E-state index in [4.69, 9.17) is 14.2 Å². The van der Waals surface area contributed by atoms with Crippen molar-refractivity contribution >= 4 is 60.8 Å². The molecule has 0 unspecified atom stereocenters. The molecule has 24 heavy (non-hydrogen) atoms. The summed E-state index contributed by atoms with van der Waals surface area (Å²) in [6.45, 7) is 1.67. The molecule has 0 spiro atoms. The number of benzene rings is 1. The van der Waals surface area contributed by atoms with Crippen LogP contribution in [0.1, 0.15) is 16.6 Å². The Morgan fingerprint density at radius 1 is 1.25 bits per heavy atom.